The van der Waals surface area contributed by atoms with E-state index in [1.807, 2.05) is 24.3 Å². The molecule has 0 aliphatic heterocycles. The van der Waals surface area contributed by atoms with E-state index in [2.05, 4.69) is 229 Å². The molecular formula is C60H41NO2Si. The molecule has 0 spiro atoms. The molecule has 10 aromatic carbocycles. The maximum absolute atomic E-state index is 6.26. The predicted molar refractivity (Wildman–Crippen MR) is 270 cm³/mol. The summed E-state index contributed by atoms with van der Waals surface area (Å²) in [5.41, 5.74) is 11.3. The smallest absolute Gasteiger partial charge is 0.179 e. The van der Waals surface area contributed by atoms with Gasteiger partial charge in [-0.3, -0.25) is 0 Å². The molecule has 302 valence electrons. The molecule has 0 radical (unpaired) electrons. The van der Waals surface area contributed by atoms with Crippen LogP contribution in [0.1, 0.15) is 0 Å². The van der Waals surface area contributed by atoms with Crippen molar-refractivity contribution in [3.8, 4) is 22.3 Å². The summed E-state index contributed by atoms with van der Waals surface area (Å²) in [6.07, 6.45) is 0. The maximum Gasteiger partial charge on any atom is 0.179 e. The summed E-state index contributed by atoms with van der Waals surface area (Å²) in [5, 5.41) is 9.92. The molecule has 12 aromatic rings. The average molecular weight is 836 g/mol. The Labute approximate surface area is 372 Å². The Morgan fingerprint density at radius 2 is 0.625 bits per heavy atom. The quantitative estimate of drug-likeness (QED) is 0.107. The minimum Gasteiger partial charge on any atom is -0.456 e. The van der Waals surface area contributed by atoms with Crippen LogP contribution in [0.5, 0.6) is 0 Å². The number of fused-ring (bicyclic) bond motifs is 6. The molecule has 2 aromatic heterocycles. The Balaban J connectivity index is 0.925. The van der Waals surface area contributed by atoms with Crippen molar-refractivity contribution in [2.75, 3.05) is 4.90 Å². The van der Waals surface area contributed by atoms with Crippen molar-refractivity contribution in [1.29, 1.82) is 0 Å². The van der Waals surface area contributed by atoms with E-state index in [0.717, 1.165) is 77.6 Å². The minimum absolute atomic E-state index is 0.874. The third kappa shape index (κ3) is 6.35. The average Bonchev–Trinajstić information content (AvgIpc) is 3.94. The van der Waals surface area contributed by atoms with Crippen LogP contribution in [0.25, 0.3) is 66.1 Å². The first-order chi connectivity index (χ1) is 31.7. The molecule has 0 N–H and O–H groups in total. The van der Waals surface area contributed by atoms with Gasteiger partial charge in [-0.05, 0) is 110 Å². The molecule has 0 bridgehead atoms. The summed E-state index contributed by atoms with van der Waals surface area (Å²) < 4.78 is 12.5. The summed E-state index contributed by atoms with van der Waals surface area (Å²) in [4.78, 5) is 2.33. The van der Waals surface area contributed by atoms with Crippen molar-refractivity contribution < 1.29 is 8.83 Å². The van der Waals surface area contributed by atoms with Gasteiger partial charge in [0.2, 0.25) is 0 Å². The molecule has 0 atom stereocenters. The molecule has 0 saturated heterocycles. The van der Waals surface area contributed by atoms with Gasteiger partial charge in [0, 0.05) is 38.6 Å². The molecule has 0 aliphatic rings. The monoisotopic (exact) mass is 835 g/mol. The molecular weight excluding hydrogens is 795 g/mol. The van der Waals surface area contributed by atoms with E-state index in [-0.39, 0.29) is 0 Å². The molecule has 12 rings (SSSR count). The molecule has 64 heavy (non-hydrogen) atoms. The minimum atomic E-state index is -2.62. The fourth-order valence-electron chi connectivity index (χ4n) is 9.79. The largest absolute Gasteiger partial charge is 0.456 e. The van der Waals surface area contributed by atoms with E-state index in [9.17, 15) is 0 Å². The molecule has 0 aliphatic carbocycles. The molecule has 0 amide bonds. The number of rotatable bonds is 9. The van der Waals surface area contributed by atoms with Crippen LogP contribution in [0.3, 0.4) is 0 Å². The number of hydrogen-bond donors (Lipinski definition) is 0. The first-order valence-electron chi connectivity index (χ1n) is 21.8. The van der Waals surface area contributed by atoms with Crippen LogP contribution in [0.15, 0.2) is 258 Å². The lowest BCUT2D eigenvalue weighted by Crippen LogP contribution is -2.74. The number of furan rings is 2. The van der Waals surface area contributed by atoms with E-state index >= 15 is 0 Å². The highest BCUT2D eigenvalue weighted by Gasteiger charge is 2.41. The Morgan fingerprint density at radius 1 is 0.250 bits per heavy atom. The Kier molecular flexibility index (Phi) is 9.17. The van der Waals surface area contributed by atoms with Crippen molar-refractivity contribution in [1.82, 2.24) is 0 Å². The predicted octanol–water partition coefficient (Wildman–Crippen LogP) is 13.7. The zero-order chi connectivity index (χ0) is 42.5. The van der Waals surface area contributed by atoms with Gasteiger partial charge in [-0.15, -0.1) is 0 Å². The Morgan fingerprint density at radius 3 is 1.17 bits per heavy atom. The number of para-hydroxylation sites is 2. The van der Waals surface area contributed by atoms with Gasteiger partial charge < -0.3 is 13.7 Å². The number of hydrogen-bond acceptors (Lipinski definition) is 3. The lowest BCUT2D eigenvalue weighted by Gasteiger charge is -2.34. The SMILES string of the molecule is c1ccc([Si](c2ccccc2)(c2ccccc2)c2ccc(-c3ccc(N(c4ccc(-c5ccc6c(c5)oc5ccccc56)cc4)c4ccc5oc6ccccc6c5c4)cc3)cc2)cc1. The molecule has 3 nitrogen and oxygen atoms in total. The van der Waals surface area contributed by atoms with E-state index in [1.54, 1.807) is 0 Å². The topological polar surface area (TPSA) is 29.5 Å². The van der Waals surface area contributed by atoms with E-state index in [0.29, 0.717) is 0 Å². The van der Waals surface area contributed by atoms with Gasteiger partial charge in [0.15, 0.2) is 8.07 Å². The van der Waals surface area contributed by atoms with Gasteiger partial charge in [0.05, 0.1) is 0 Å². The molecule has 4 heteroatoms. The highest BCUT2D eigenvalue weighted by atomic mass is 28.3. The zero-order valence-corrected chi connectivity index (χ0v) is 35.9. The Bertz CT molecular complexity index is 3480. The standard InChI is InChI=1S/C60H41NO2Si/c1-4-14-49(15-5-1)64(50-16-6-2-7-17-50,51-18-8-3-9-19-51)52-36-28-43(29-37-52)42-24-31-46(32-25-42)61(48-35-39-59-56(41-48)54-21-11-13-23-58(54)62-59)47-33-26-44(27-34-47)45-30-38-55-53-20-10-12-22-57(53)63-60(55)40-45/h1-41H. The van der Waals surface area contributed by atoms with Crippen molar-refractivity contribution >= 4 is 89.8 Å². The number of benzene rings is 10. The van der Waals surface area contributed by atoms with Gasteiger partial charge in [-0.25, -0.2) is 0 Å². The molecule has 0 unspecified atom stereocenters. The molecule has 0 saturated carbocycles. The second kappa shape index (κ2) is 15.6. The fourth-order valence-corrected chi connectivity index (χ4v) is 14.5. The van der Waals surface area contributed by atoms with Gasteiger partial charge in [-0.2, -0.15) is 0 Å². The van der Waals surface area contributed by atoms with Crippen LogP contribution in [-0.4, -0.2) is 8.07 Å². The summed E-state index contributed by atoms with van der Waals surface area (Å²) in [5.74, 6) is 0. The fraction of sp³-hybridized carbons (Fsp3) is 0. The van der Waals surface area contributed by atoms with Crippen LogP contribution in [0, 0.1) is 0 Å². The highest BCUT2D eigenvalue weighted by Crippen LogP contribution is 2.40. The van der Waals surface area contributed by atoms with Crippen molar-refractivity contribution in [3.05, 3.63) is 249 Å². The highest BCUT2D eigenvalue weighted by molar-refractivity contribution is 7.19. The van der Waals surface area contributed by atoms with E-state index in [4.69, 9.17) is 8.83 Å². The summed E-state index contributed by atoms with van der Waals surface area (Å²) in [6, 6.07) is 89.9. The van der Waals surface area contributed by atoms with Gasteiger partial charge in [-0.1, -0.05) is 182 Å². The third-order valence-electron chi connectivity index (χ3n) is 12.9. The van der Waals surface area contributed by atoms with Crippen LogP contribution >= 0.6 is 0 Å². The van der Waals surface area contributed by atoms with Gasteiger partial charge in [0.25, 0.3) is 0 Å². The van der Waals surface area contributed by atoms with Crippen LogP contribution in [-0.2, 0) is 0 Å². The second-order valence-electron chi connectivity index (χ2n) is 16.4. The van der Waals surface area contributed by atoms with E-state index < -0.39 is 8.07 Å². The normalized spacial score (nSPS) is 11.8. The third-order valence-corrected chi connectivity index (χ3v) is 17.7. The number of nitrogens with zero attached hydrogens (tertiary/aromatic N) is 1. The first kappa shape index (κ1) is 37.6. The van der Waals surface area contributed by atoms with Crippen LogP contribution in [0.4, 0.5) is 17.1 Å². The zero-order valence-electron chi connectivity index (χ0n) is 34.9. The van der Waals surface area contributed by atoms with Crippen molar-refractivity contribution in [2.24, 2.45) is 0 Å². The maximum atomic E-state index is 6.26. The second-order valence-corrected chi connectivity index (χ2v) is 20.3. The van der Waals surface area contributed by atoms with Crippen LogP contribution in [0.2, 0.25) is 0 Å². The summed E-state index contributed by atoms with van der Waals surface area (Å²) in [7, 11) is -2.62. The van der Waals surface area contributed by atoms with Crippen molar-refractivity contribution in [3.63, 3.8) is 0 Å². The van der Waals surface area contributed by atoms with E-state index in [1.165, 1.54) is 26.3 Å². The van der Waals surface area contributed by atoms with Crippen LogP contribution < -0.4 is 25.6 Å². The first-order valence-corrected chi connectivity index (χ1v) is 23.8. The molecule has 0 fully saturated rings. The summed E-state index contributed by atoms with van der Waals surface area (Å²) >= 11 is 0. The lowest BCUT2D eigenvalue weighted by atomic mass is 10.0. The lowest BCUT2D eigenvalue weighted by molar-refractivity contribution is 0.668. The van der Waals surface area contributed by atoms with Gasteiger partial charge >= 0.3 is 0 Å². The Hall–Kier alpha value is -8.18. The molecule has 2 heterocycles. The van der Waals surface area contributed by atoms with Gasteiger partial charge in [0.1, 0.15) is 22.3 Å². The van der Waals surface area contributed by atoms with Crippen molar-refractivity contribution in [2.45, 2.75) is 0 Å². The number of anilines is 3. The summed E-state index contributed by atoms with van der Waals surface area (Å²) in [6.45, 7) is 0.